The fourth-order valence-corrected chi connectivity index (χ4v) is 2.22. The van der Waals surface area contributed by atoms with Crippen molar-refractivity contribution < 1.29 is 14.3 Å². The maximum atomic E-state index is 12.4. The van der Waals surface area contributed by atoms with Crippen LogP contribution in [0.5, 0.6) is 5.75 Å². The number of nitrogens with one attached hydrogen (secondary N) is 1. The summed E-state index contributed by atoms with van der Waals surface area (Å²) < 4.78 is 10.7. The van der Waals surface area contributed by atoms with Crippen LogP contribution in [-0.4, -0.2) is 19.1 Å². The number of carbonyl (C=O) groups is 1. The Morgan fingerprint density at radius 2 is 1.88 bits per heavy atom. The molecule has 7 heteroatoms. The van der Waals surface area contributed by atoms with E-state index in [2.05, 4.69) is 5.32 Å². The van der Waals surface area contributed by atoms with Crippen LogP contribution in [0.4, 0.5) is 11.4 Å². The highest BCUT2D eigenvalue weighted by molar-refractivity contribution is 6.33. The van der Waals surface area contributed by atoms with Crippen molar-refractivity contribution in [3.8, 4) is 5.75 Å². The molecule has 1 amide bonds. The van der Waals surface area contributed by atoms with Crippen molar-refractivity contribution in [1.82, 2.24) is 0 Å². The Labute approximate surface area is 158 Å². The molecular formula is C18H22Cl2N2O3. The molecule has 3 N–H and O–H groups in total. The SMILES string of the molecule is COc1cc(N)c(Cl)cc1C(=O)Nc1ccc(COC(C)C)cc1.Cl. The van der Waals surface area contributed by atoms with Crippen molar-refractivity contribution in [2.24, 2.45) is 0 Å². The highest BCUT2D eigenvalue weighted by Gasteiger charge is 2.15. The lowest BCUT2D eigenvalue weighted by Gasteiger charge is -2.12. The lowest BCUT2D eigenvalue weighted by atomic mass is 10.1. The summed E-state index contributed by atoms with van der Waals surface area (Å²) in [7, 11) is 1.48. The highest BCUT2D eigenvalue weighted by Crippen LogP contribution is 2.29. The summed E-state index contributed by atoms with van der Waals surface area (Å²) in [5.74, 6) is 0.0521. The first-order valence-electron chi connectivity index (χ1n) is 7.55. The van der Waals surface area contributed by atoms with E-state index in [-0.39, 0.29) is 24.4 Å². The van der Waals surface area contributed by atoms with Gasteiger partial charge in [-0.2, -0.15) is 0 Å². The van der Waals surface area contributed by atoms with Crippen LogP contribution in [0, 0.1) is 0 Å². The monoisotopic (exact) mass is 384 g/mol. The van der Waals surface area contributed by atoms with Crippen molar-refractivity contribution >= 4 is 41.3 Å². The summed E-state index contributed by atoms with van der Waals surface area (Å²) in [5.41, 5.74) is 8.12. The second-order valence-electron chi connectivity index (χ2n) is 5.58. The number of amides is 1. The van der Waals surface area contributed by atoms with Crippen molar-refractivity contribution in [1.29, 1.82) is 0 Å². The average Bonchev–Trinajstić information content (AvgIpc) is 2.56. The Hall–Kier alpha value is -1.95. The molecule has 0 aromatic heterocycles. The smallest absolute Gasteiger partial charge is 0.259 e. The number of nitrogen functional groups attached to an aromatic ring is 1. The van der Waals surface area contributed by atoms with E-state index in [0.717, 1.165) is 5.56 Å². The lowest BCUT2D eigenvalue weighted by Crippen LogP contribution is -2.13. The van der Waals surface area contributed by atoms with E-state index < -0.39 is 0 Å². The van der Waals surface area contributed by atoms with E-state index >= 15 is 0 Å². The maximum Gasteiger partial charge on any atom is 0.259 e. The number of halogens is 2. The Kier molecular flexibility index (Phi) is 8.03. The molecule has 0 heterocycles. The van der Waals surface area contributed by atoms with Gasteiger partial charge in [-0.15, -0.1) is 12.4 Å². The number of carbonyl (C=O) groups excluding carboxylic acids is 1. The topological polar surface area (TPSA) is 73.6 Å². The van der Waals surface area contributed by atoms with E-state index in [0.29, 0.717) is 34.3 Å². The van der Waals surface area contributed by atoms with Crippen molar-refractivity contribution in [3.63, 3.8) is 0 Å². The Balaban J connectivity index is 0.00000312. The van der Waals surface area contributed by atoms with Crippen molar-refractivity contribution in [2.75, 3.05) is 18.2 Å². The lowest BCUT2D eigenvalue weighted by molar-refractivity contribution is 0.0657. The summed E-state index contributed by atoms with van der Waals surface area (Å²) in [6.45, 7) is 4.51. The zero-order valence-electron chi connectivity index (χ0n) is 14.3. The minimum atomic E-state index is -0.320. The number of rotatable bonds is 6. The standard InChI is InChI=1S/C18H21ClN2O3.ClH/c1-11(2)24-10-12-4-6-13(7-5-12)21-18(22)14-8-15(19)16(20)9-17(14)23-3;/h4-9,11H,10,20H2,1-3H3,(H,21,22);1H. The Morgan fingerprint density at radius 3 is 2.44 bits per heavy atom. The summed E-state index contributed by atoms with van der Waals surface area (Å²) in [4.78, 5) is 12.4. The molecule has 5 nitrogen and oxygen atoms in total. The quantitative estimate of drug-likeness (QED) is 0.717. The first kappa shape index (κ1) is 21.1. The van der Waals surface area contributed by atoms with Crippen LogP contribution in [0.25, 0.3) is 0 Å². The molecule has 0 saturated heterocycles. The van der Waals surface area contributed by atoms with Gasteiger partial charge in [0.05, 0.1) is 36.1 Å². The molecule has 2 aromatic rings. The summed E-state index contributed by atoms with van der Waals surface area (Å²) >= 11 is 6.00. The highest BCUT2D eigenvalue weighted by atomic mass is 35.5. The minimum Gasteiger partial charge on any atom is -0.496 e. The number of hydrogen-bond donors (Lipinski definition) is 2. The third-order valence-corrected chi connectivity index (χ3v) is 3.69. The summed E-state index contributed by atoms with van der Waals surface area (Å²) in [6, 6.07) is 10.5. The maximum absolute atomic E-state index is 12.4. The third-order valence-electron chi connectivity index (χ3n) is 3.36. The van der Waals surface area contributed by atoms with Crippen LogP contribution in [0.2, 0.25) is 5.02 Å². The van der Waals surface area contributed by atoms with Gasteiger partial charge in [-0.1, -0.05) is 23.7 Å². The summed E-state index contributed by atoms with van der Waals surface area (Å²) in [5, 5.41) is 3.12. The van der Waals surface area contributed by atoms with Gasteiger partial charge in [0.15, 0.2) is 0 Å². The normalized spacial score (nSPS) is 10.3. The van der Waals surface area contributed by atoms with Gasteiger partial charge in [-0.3, -0.25) is 4.79 Å². The zero-order valence-corrected chi connectivity index (χ0v) is 15.9. The fourth-order valence-electron chi connectivity index (χ4n) is 2.06. The molecule has 0 fully saturated rings. The summed E-state index contributed by atoms with van der Waals surface area (Å²) in [6.07, 6.45) is 0.173. The average molecular weight is 385 g/mol. The molecule has 0 aliphatic carbocycles. The molecule has 136 valence electrons. The second-order valence-corrected chi connectivity index (χ2v) is 5.99. The van der Waals surface area contributed by atoms with Gasteiger partial charge in [-0.25, -0.2) is 0 Å². The van der Waals surface area contributed by atoms with E-state index in [1.54, 1.807) is 0 Å². The largest absolute Gasteiger partial charge is 0.496 e. The van der Waals surface area contributed by atoms with Crippen LogP contribution in [0.15, 0.2) is 36.4 Å². The third kappa shape index (κ3) is 5.81. The van der Waals surface area contributed by atoms with Crippen LogP contribution in [-0.2, 0) is 11.3 Å². The predicted molar refractivity (Wildman–Crippen MR) is 104 cm³/mol. The number of nitrogens with two attached hydrogens (primary N) is 1. The molecular weight excluding hydrogens is 363 g/mol. The first-order chi connectivity index (χ1) is 11.4. The van der Waals surface area contributed by atoms with Gasteiger partial charge in [0.25, 0.3) is 5.91 Å². The molecule has 0 bridgehead atoms. The van der Waals surface area contributed by atoms with Gasteiger partial charge < -0.3 is 20.5 Å². The van der Waals surface area contributed by atoms with E-state index in [4.69, 9.17) is 26.8 Å². The number of anilines is 2. The molecule has 25 heavy (non-hydrogen) atoms. The molecule has 0 saturated carbocycles. The van der Waals surface area contributed by atoms with Gasteiger partial charge >= 0.3 is 0 Å². The van der Waals surface area contributed by atoms with Crippen molar-refractivity contribution in [3.05, 3.63) is 52.5 Å². The molecule has 2 rings (SSSR count). The molecule has 0 aliphatic rings. The van der Waals surface area contributed by atoms with Gasteiger partial charge in [0, 0.05) is 11.8 Å². The fraction of sp³-hybridized carbons (Fsp3) is 0.278. The van der Waals surface area contributed by atoms with Gasteiger partial charge in [0.1, 0.15) is 5.75 Å². The molecule has 0 radical (unpaired) electrons. The molecule has 0 unspecified atom stereocenters. The number of methoxy groups -OCH3 is 1. The van der Waals surface area contributed by atoms with Crippen molar-refractivity contribution in [2.45, 2.75) is 26.6 Å². The van der Waals surface area contributed by atoms with Crippen LogP contribution >= 0.6 is 24.0 Å². The molecule has 0 aliphatic heterocycles. The number of hydrogen-bond acceptors (Lipinski definition) is 4. The molecule has 0 spiro atoms. The minimum absolute atomic E-state index is 0. The second kappa shape index (κ2) is 9.51. The first-order valence-corrected chi connectivity index (χ1v) is 7.93. The molecule has 0 atom stereocenters. The number of ether oxygens (including phenoxy) is 2. The van der Waals surface area contributed by atoms with E-state index in [1.807, 2.05) is 38.1 Å². The van der Waals surface area contributed by atoms with E-state index in [1.165, 1.54) is 19.2 Å². The Bertz CT molecular complexity index is 719. The predicted octanol–water partition coefficient (Wildman–Crippen LogP) is 4.53. The Morgan fingerprint density at radius 1 is 1.24 bits per heavy atom. The van der Waals surface area contributed by atoms with Crippen LogP contribution in [0.1, 0.15) is 29.8 Å². The van der Waals surface area contributed by atoms with E-state index in [9.17, 15) is 4.79 Å². The van der Waals surface area contributed by atoms with Crippen LogP contribution < -0.4 is 15.8 Å². The number of benzene rings is 2. The molecule has 2 aromatic carbocycles. The van der Waals surface area contributed by atoms with Gasteiger partial charge in [-0.05, 0) is 37.6 Å². The van der Waals surface area contributed by atoms with Crippen LogP contribution in [0.3, 0.4) is 0 Å². The van der Waals surface area contributed by atoms with Gasteiger partial charge in [0.2, 0.25) is 0 Å². The zero-order chi connectivity index (χ0) is 17.7.